The Morgan fingerprint density at radius 3 is 2.68 bits per heavy atom. The number of carbonyl (C=O) groups is 1. The molecule has 0 saturated heterocycles. The molecule has 10 heteroatoms. The highest BCUT2D eigenvalue weighted by atomic mass is 79.9. The molecule has 2 aromatic carbocycles. The molecule has 130 valence electrons. The van der Waals surface area contributed by atoms with Crippen molar-refractivity contribution in [1.29, 1.82) is 0 Å². The van der Waals surface area contributed by atoms with Crippen LogP contribution in [0.3, 0.4) is 0 Å². The topological polar surface area (TPSA) is 93.5 Å². The summed E-state index contributed by atoms with van der Waals surface area (Å²) in [5.74, 6) is 0.0497. The predicted molar refractivity (Wildman–Crippen MR) is 105 cm³/mol. The third-order valence-electron chi connectivity index (χ3n) is 2.82. The standard InChI is InChI=1S/C15H11Br2N3O4S/c16-9-4-5-13(12(17)6-9)24-8-14(21)19-15(25)18-10-2-1-3-11(7-10)20(22)23/h1-7H,8H2,(H2,18,19,21,25). The molecule has 2 N–H and O–H groups in total. The van der Waals surface area contributed by atoms with E-state index in [0.717, 1.165) is 4.47 Å². The normalized spacial score (nSPS) is 10.0. The van der Waals surface area contributed by atoms with Crippen LogP contribution in [-0.4, -0.2) is 22.5 Å². The Labute approximate surface area is 165 Å². The van der Waals surface area contributed by atoms with Gasteiger partial charge in [-0.3, -0.25) is 20.2 Å². The Hall–Kier alpha value is -2.04. The van der Waals surface area contributed by atoms with Gasteiger partial charge in [0.2, 0.25) is 0 Å². The number of anilines is 1. The number of nitrogens with one attached hydrogen (secondary N) is 2. The van der Waals surface area contributed by atoms with Gasteiger partial charge in [0.05, 0.1) is 9.40 Å². The average Bonchev–Trinajstić information content (AvgIpc) is 2.54. The third kappa shape index (κ3) is 6.07. The van der Waals surface area contributed by atoms with E-state index >= 15 is 0 Å². The van der Waals surface area contributed by atoms with Crippen LogP contribution in [0.1, 0.15) is 0 Å². The molecule has 0 radical (unpaired) electrons. The summed E-state index contributed by atoms with van der Waals surface area (Å²) >= 11 is 11.7. The minimum atomic E-state index is -0.517. The van der Waals surface area contributed by atoms with E-state index in [2.05, 4.69) is 42.5 Å². The molecule has 2 aromatic rings. The molecule has 0 atom stereocenters. The van der Waals surface area contributed by atoms with E-state index in [9.17, 15) is 14.9 Å². The SMILES string of the molecule is O=C(COc1ccc(Br)cc1Br)NC(=S)Nc1cccc([N+](=O)[O-])c1. The zero-order chi connectivity index (χ0) is 18.4. The van der Waals surface area contributed by atoms with Gasteiger partial charge in [-0.25, -0.2) is 0 Å². The molecular formula is C15H11Br2N3O4S. The molecule has 0 aromatic heterocycles. The van der Waals surface area contributed by atoms with Gasteiger partial charge in [0, 0.05) is 22.3 Å². The number of nitrogens with zero attached hydrogens (tertiary/aromatic N) is 1. The van der Waals surface area contributed by atoms with Gasteiger partial charge in [-0.2, -0.15) is 0 Å². The molecule has 1 amide bonds. The number of thiocarbonyl (C=S) groups is 1. The predicted octanol–water partition coefficient (Wildman–Crippen LogP) is 4.01. The second kappa shape index (κ2) is 8.88. The molecule has 0 aliphatic heterocycles. The molecular weight excluding hydrogens is 478 g/mol. The first-order valence-electron chi connectivity index (χ1n) is 6.78. The highest BCUT2D eigenvalue weighted by Crippen LogP contribution is 2.28. The second-order valence-corrected chi connectivity index (χ2v) is 6.85. The van der Waals surface area contributed by atoms with Gasteiger partial charge in [-0.15, -0.1) is 0 Å². The first-order valence-corrected chi connectivity index (χ1v) is 8.77. The van der Waals surface area contributed by atoms with Crippen molar-refractivity contribution in [2.75, 3.05) is 11.9 Å². The van der Waals surface area contributed by atoms with Gasteiger partial charge in [0.1, 0.15) is 5.75 Å². The Balaban J connectivity index is 1.86. The zero-order valence-electron chi connectivity index (χ0n) is 12.5. The van der Waals surface area contributed by atoms with E-state index in [-0.39, 0.29) is 17.4 Å². The van der Waals surface area contributed by atoms with Crippen molar-refractivity contribution in [3.8, 4) is 5.75 Å². The van der Waals surface area contributed by atoms with Gasteiger partial charge in [-0.05, 0) is 52.4 Å². The minimum absolute atomic E-state index is 0.0176. The second-order valence-electron chi connectivity index (χ2n) is 4.67. The van der Waals surface area contributed by atoms with Crippen LogP contribution < -0.4 is 15.4 Å². The lowest BCUT2D eigenvalue weighted by Gasteiger charge is -2.11. The van der Waals surface area contributed by atoms with Gasteiger partial charge < -0.3 is 10.1 Å². The average molecular weight is 489 g/mol. The fraction of sp³-hybridized carbons (Fsp3) is 0.0667. The number of hydrogen-bond donors (Lipinski definition) is 2. The van der Waals surface area contributed by atoms with Crippen LogP contribution in [0, 0.1) is 10.1 Å². The van der Waals surface area contributed by atoms with Crippen molar-refractivity contribution in [3.05, 3.63) is 61.5 Å². The van der Waals surface area contributed by atoms with Crippen molar-refractivity contribution in [2.45, 2.75) is 0 Å². The fourth-order valence-corrected chi connectivity index (χ4v) is 3.15. The number of ether oxygens (including phenoxy) is 1. The van der Waals surface area contributed by atoms with Gasteiger partial charge in [-0.1, -0.05) is 22.0 Å². The van der Waals surface area contributed by atoms with E-state index in [4.69, 9.17) is 17.0 Å². The van der Waals surface area contributed by atoms with Crippen LogP contribution in [-0.2, 0) is 4.79 Å². The number of benzene rings is 2. The highest BCUT2D eigenvalue weighted by Gasteiger charge is 2.10. The lowest BCUT2D eigenvalue weighted by molar-refractivity contribution is -0.384. The van der Waals surface area contributed by atoms with Crippen molar-refractivity contribution < 1.29 is 14.5 Å². The molecule has 25 heavy (non-hydrogen) atoms. The lowest BCUT2D eigenvalue weighted by atomic mass is 10.3. The molecule has 0 spiro atoms. The largest absolute Gasteiger partial charge is 0.483 e. The maximum Gasteiger partial charge on any atom is 0.271 e. The summed E-state index contributed by atoms with van der Waals surface area (Å²) in [6.07, 6.45) is 0. The van der Waals surface area contributed by atoms with Crippen LogP contribution in [0.5, 0.6) is 5.75 Å². The molecule has 7 nitrogen and oxygen atoms in total. The number of nitro benzene ring substituents is 1. The van der Waals surface area contributed by atoms with E-state index in [0.29, 0.717) is 15.9 Å². The summed E-state index contributed by atoms with van der Waals surface area (Å²) in [4.78, 5) is 22.1. The summed E-state index contributed by atoms with van der Waals surface area (Å²) in [5.41, 5.74) is 0.318. The summed E-state index contributed by atoms with van der Waals surface area (Å²) < 4.78 is 6.97. The Kier molecular flexibility index (Phi) is 6.85. The van der Waals surface area contributed by atoms with Gasteiger partial charge >= 0.3 is 0 Å². The van der Waals surface area contributed by atoms with Crippen molar-refractivity contribution >= 4 is 66.5 Å². The molecule has 0 heterocycles. The minimum Gasteiger partial charge on any atom is -0.483 e. The number of hydrogen-bond acceptors (Lipinski definition) is 5. The molecule has 0 aliphatic carbocycles. The smallest absolute Gasteiger partial charge is 0.271 e. The summed E-state index contributed by atoms with van der Waals surface area (Å²) in [7, 11) is 0. The lowest BCUT2D eigenvalue weighted by Crippen LogP contribution is -2.37. The summed E-state index contributed by atoms with van der Waals surface area (Å²) in [6.45, 7) is -0.239. The van der Waals surface area contributed by atoms with Crippen LogP contribution in [0.4, 0.5) is 11.4 Å². The number of rotatable bonds is 5. The Morgan fingerprint density at radius 2 is 2.00 bits per heavy atom. The van der Waals surface area contributed by atoms with Crippen LogP contribution in [0.2, 0.25) is 0 Å². The van der Waals surface area contributed by atoms with Crippen molar-refractivity contribution in [3.63, 3.8) is 0 Å². The molecule has 0 unspecified atom stereocenters. The quantitative estimate of drug-likeness (QED) is 0.375. The molecule has 0 saturated carbocycles. The van der Waals surface area contributed by atoms with Crippen LogP contribution >= 0.6 is 44.1 Å². The molecule has 2 rings (SSSR count). The molecule has 0 aliphatic rings. The number of halogens is 2. The van der Waals surface area contributed by atoms with E-state index in [1.165, 1.54) is 18.2 Å². The molecule has 0 bridgehead atoms. The Morgan fingerprint density at radius 1 is 1.24 bits per heavy atom. The Bertz CT molecular complexity index is 832. The van der Waals surface area contributed by atoms with Gasteiger partial charge in [0.15, 0.2) is 11.7 Å². The van der Waals surface area contributed by atoms with Gasteiger partial charge in [0.25, 0.3) is 11.6 Å². The van der Waals surface area contributed by atoms with Crippen molar-refractivity contribution in [2.24, 2.45) is 0 Å². The monoisotopic (exact) mass is 487 g/mol. The first kappa shape index (κ1) is 19.3. The van der Waals surface area contributed by atoms with E-state index in [1.807, 2.05) is 0 Å². The zero-order valence-corrected chi connectivity index (χ0v) is 16.5. The first-order chi connectivity index (χ1) is 11.8. The number of non-ortho nitro benzene ring substituents is 1. The van der Waals surface area contributed by atoms with E-state index < -0.39 is 10.8 Å². The van der Waals surface area contributed by atoms with Crippen LogP contribution in [0.25, 0.3) is 0 Å². The number of amides is 1. The number of carbonyl (C=O) groups excluding carboxylic acids is 1. The van der Waals surface area contributed by atoms with Crippen molar-refractivity contribution in [1.82, 2.24) is 5.32 Å². The molecule has 0 fully saturated rings. The van der Waals surface area contributed by atoms with E-state index in [1.54, 1.807) is 24.3 Å². The fourth-order valence-electron chi connectivity index (χ4n) is 1.76. The highest BCUT2D eigenvalue weighted by molar-refractivity contribution is 9.11. The summed E-state index contributed by atoms with van der Waals surface area (Å²) in [6, 6.07) is 11.1. The maximum absolute atomic E-state index is 11.9. The number of nitro groups is 1. The van der Waals surface area contributed by atoms with Crippen LogP contribution in [0.15, 0.2) is 51.4 Å². The third-order valence-corrected chi connectivity index (χ3v) is 4.14. The maximum atomic E-state index is 11.9. The summed E-state index contributed by atoms with van der Waals surface area (Å²) in [5, 5.41) is 15.9.